The zero-order valence-corrected chi connectivity index (χ0v) is 16.0. The van der Waals surface area contributed by atoms with Gasteiger partial charge in [-0.15, -0.1) is 12.4 Å². The zero-order valence-electron chi connectivity index (χ0n) is 15.2. The molecule has 25 heavy (non-hydrogen) atoms. The van der Waals surface area contributed by atoms with E-state index in [-0.39, 0.29) is 30.1 Å². The van der Waals surface area contributed by atoms with Gasteiger partial charge < -0.3 is 16.0 Å². The maximum atomic E-state index is 12.7. The van der Waals surface area contributed by atoms with Crippen LogP contribution in [0.2, 0.25) is 0 Å². The first-order valence-electron chi connectivity index (χ1n) is 8.91. The minimum atomic E-state index is -0.660. The first-order chi connectivity index (χ1) is 11.5. The largest absolute Gasteiger partial charge is 0.356 e. The Bertz CT molecular complexity index is 562. The Labute approximate surface area is 156 Å². The van der Waals surface area contributed by atoms with Crippen LogP contribution in [0.1, 0.15) is 49.8 Å². The van der Waals surface area contributed by atoms with Crippen LogP contribution >= 0.6 is 12.4 Å². The van der Waals surface area contributed by atoms with E-state index in [1.807, 2.05) is 31.2 Å². The van der Waals surface area contributed by atoms with Gasteiger partial charge in [0, 0.05) is 19.6 Å². The molecule has 0 spiro atoms. The summed E-state index contributed by atoms with van der Waals surface area (Å²) in [5.74, 6) is -0.153. The Morgan fingerprint density at radius 3 is 2.64 bits per heavy atom. The maximum Gasteiger partial charge on any atom is 0.244 e. The van der Waals surface area contributed by atoms with Crippen LogP contribution in [0.4, 0.5) is 0 Å². The van der Waals surface area contributed by atoms with E-state index in [1.165, 1.54) is 0 Å². The van der Waals surface area contributed by atoms with Crippen molar-refractivity contribution in [3.8, 4) is 0 Å². The Kier molecular flexibility index (Phi) is 8.93. The monoisotopic (exact) mass is 367 g/mol. The summed E-state index contributed by atoms with van der Waals surface area (Å²) in [6, 6.07) is 7.06. The van der Waals surface area contributed by atoms with E-state index in [2.05, 4.69) is 12.2 Å². The highest BCUT2D eigenvalue weighted by Gasteiger charge is 2.30. The van der Waals surface area contributed by atoms with Crippen molar-refractivity contribution in [2.45, 2.75) is 45.6 Å². The molecular weight excluding hydrogens is 338 g/mol. The van der Waals surface area contributed by atoms with Gasteiger partial charge in [0.2, 0.25) is 11.8 Å². The lowest BCUT2D eigenvalue weighted by Crippen LogP contribution is -2.48. The molecule has 1 aromatic carbocycles. The molecule has 1 fully saturated rings. The van der Waals surface area contributed by atoms with Crippen molar-refractivity contribution in [1.82, 2.24) is 10.2 Å². The number of nitrogens with one attached hydrogen (secondary N) is 1. The molecule has 0 bridgehead atoms. The molecule has 0 aromatic heterocycles. The van der Waals surface area contributed by atoms with Gasteiger partial charge in [0.05, 0.1) is 5.92 Å². The molecule has 6 heteroatoms. The summed E-state index contributed by atoms with van der Waals surface area (Å²) in [6.45, 7) is 5.96. The van der Waals surface area contributed by atoms with Crippen LogP contribution in [0, 0.1) is 12.8 Å². The van der Waals surface area contributed by atoms with E-state index in [9.17, 15) is 9.59 Å². The van der Waals surface area contributed by atoms with E-state index >= 15 is 0 Å². The van der Waals surface area contributed by atoms with Crippen LogP contribution < -0.4 is 11.1 Å². The lowest BCUT2D eigenvalue weighted by Gasteiger charge is -2.33. The number of carbonyl (C=O) groups excluding carboxylic acids is 2. The molecule has 5 nitrogen and oxygen atoms in total. The topological polar surface area (TPSA) is 75.4 Å². The number of hydrogen-bond donors (Lipinski definition) is 2. The number of rotatable bonds is 6. The number of unbranched alkanes of at least 4 members (excludes halogenated alkanes) is 1. The van der Waals surface area contributed by atoms with Crippen LogP contribution in [0.5, 0.6) is 0 Å². The van der Waals surface area contributed by atoms with Gasteiger partial charge in [-0.05, 0) is 31.7 Å². The van der Waals surface area contributed by atoms with Crippen molar-refractivity contribution in [1.29, 1.82) is 0 Å². The van der Waals surface area contributed by atoms with Gasteiger partial charge in [0.15, 0.2) is 0 Å². The second-order valence-corrected chi connectivity index (χ2v) is 6.66. The van der Waals surface area contributed by atoms with Gasteiger partial charge in [0.25, 0.3) is 0 Å². The van der Waals surface area contributed by atoms with Gasteiger partial charge in [0.1, 0.15) is 6.04 Å². The summed E-state index contributed by atoms with van der Waals surface area (Å²) < 4.78 is 0. The SMILES string of the molecule is CCCCNC(=O)C1CCCN(C(=O)C(N)c2ccc(C)cc2)C1.Cl. The number of amides is 2. The van der Waals surface area contributed by atoms with Gasteiger partial charge in [-0.3, -0.25) is 9.59 Å². The van der Waals surface area contributed by atoms with Crippen LogP contribution in [0.15, 0.2) is 24.3 Å². The minimum Gasteiger partial charge on any atom is -0.356 e. The van der Waals surface area contributed by atoms with E-state index in [1.54, 1.807) is 4.90 Å². The fourth-order valence-corrected chi connectivity index (χ4v) is 3.04. The zero-order chi connectivity index (χ0) is 17.5. The third-order valence-corrected chi connectivity index (χ3v) is 4.64. The van der Waals surface area contributed by atoms with E-state index < -0.39 is 6.04 Å². The van der Waals surface area contributed by atoms with E-state index in [0.29, 0.717) is 19.6 Å². The molecule has 1 saturated heterocycles. The Balaban J connectivity index is 0.00000312. The lowest BCUT2D eigenvalue weighted by molar-refractivity contribution is -0.137. The summed E-state index contributed by atoms with van der Waals surface area (Å²) in [6.07, 6.45) is 3.72. The molecule has 3 N–H and O–H groups in total. The highest BCUT2D eigenvalue weighted by molar-refractivity contribution is 5.85. The van der Waals surface area contributed by atoms with Crippen molar-refractivity contribution in [3.63, 3.8) is 0 Å². The first-order valence-corrected chi connectivity index (χ1v) is 8.91. The number of halogens is 1. The van der Waals surface area contributed by atoms with Crippen LogP contribution in [-0.2, 0) is 9.59 Å². The minimum absolute atomic E-state index is 0. The lowest BCUT2D eigenvalue weighted by atomic mass is 9.95. The third-order valence-electron chi connectivity index (χ3n) is 4.64. The number of likely N-dealkylation sites (tertiary alicyclic amines) is 1. The molecule has 2 atom stereocenters. The molecule has 0 aliphatic carbocycles. The Morgan fingerprint density at radius 1 is 1.32 bits per heavy atom. The maximum absolute atomic E-state index is 12.7. The van der Waals surface area contributed by atoms with Crippen molar-refractivity contribution in [2.75, 3.05) is 19.6 Å². The highest BCUT2D eigenvalue weighted by Crippen LogP contribution is 2.21. The van der Waals surface area contributed by atoms with Gasteiger partial charge in [-0.1, -0.05) is 43.2 Å². The summed E-state index contributed by atoms with van der Waals surface area (Å²) in [4.78, 5) is 26.7. The molecule has 1 heterocycles. The number of carbonyl (C=O) groups is 2. The first kappa shape index (κ1) is 21.5. The molecule has 1 aliphatic heterocycles. The summed E-state index contributed by atoms with van der Waals surface area (Å²) in [5.41, 5.74) is 8.11. The third kappa shape index (κ3) is 6.01. The number of benzene rings is 1. The predicted molar refractivity (Wildman–Crippen MR) is 103 cm³/mol. The standard InChI is InChI=1S/C19H29N3O2.ClH/c1-3-4-11-21-18(23)16-6-5-12-22(13-16)19(24)17(20)15-9-7-14(2)8-10-15;/h7-10,16-17H,3-6,11-13,20H2,1-2H3,(H,21,23);1H. The molecule has 2 amide bonds. The average molecular weight is 368 g/mol. The van der Waals surface area contributed by atoms with Crippen LogP contribution in [0.3, 0.4) is 0 Å². The summed E-state index contributed by atoms with van der Waals surface area (Å²) >= 11 is 0. The molecule has 2 rings (SSSR count). The quantitative estimate of drug-likeness (QED) is 0.759. The number of aryl methyl sites for hydroxylation is 1. The molecule has 0 radical (unpaired) electrons. The molecule has 2 unspecified atom stereocenters. The fourth-order valence-electron chi connectivity index (χ4n) is 3.04. The summed E-state index contributed by atoms with van der Waals surface area (Å²) in [5, 5.41) is 2.97. The Hall–Kier alpha value is -1.59. The fraction of sp³-hybridized carbons (Fsp3) is 0.579. The van der Waals surface area contributed by atoms with Gasteiger partial charge >= 0.3 is 0 Å². The van der Waals surface area contributed by atoms with Gasteiger partial charge in [-0.25, -0.2) is 0 Å². The number of piperidine rings is 1. The van der Waals surface area contributed by atoms with Crippen molar-refractivity contribution >= 4 is 24.2 Å². The van der Waals surface area contributed by atoms with E-state index in [4.69, 9.17) is 5.73 Å². The molecular formula is C19H30ClN3O2. The van der Waals surface area contributed by atoms with Crippen molar-refractivity contribution < 1.29 is 9.59 Å². The Morgan fingerprint density at radius 2 is 2.00 bits per heavy atom. The highest BCUT2D eigenvalue weighted by atomic mass is 35.5. The summed E-state index contributed by atoms with van der Waals surface area (Å²) in [7, 11) is 0. The van der Waals surface area contributed by atoms with Crippen LogP contribution in [0.25, 0.3) is 0 Å². The van der Waals surface area contributed by atoms with Crippen molar-refractivity contribution in [3.05, 3.63) is 35.4 Å². The molecule has 1 aliphatic rings. The number of nitrogens with two attached hydrogens (primary N) is 1. The van der Waals surface area contributed by atoms with Gasteiger partial charge in [-0.2, -0.15) is 0 Å². The molecule has 0 saturated carbocycles. The molecule has 140 valence electrons. The smallest absolute Gasteiger partial charge is 0.244 e. The second kappa shape index (κ2) is 10.4. The molecule has 1 aromatic rings. The van der Waals surface area contributed by atoms with Crippen molar-refractivity contribution in [2.24, 2.45) is 11.7 Å². The normalized spacial score (nSPS) is 18.2. The van der Waals surface area contributed by atoms with E-state index in [0.717, 1.165) is 36.8 Å². The number of nitrogens with zero attached hydrogens (tertiary/aromatic N) is 1. The number of hydrogen-bond acceptors (Lipinski definition) is 3. The second-order valence-electron chi connectivity index (χ2n) is 6.66. The average Bonchev–Trinajstić information content (AvgIpc) is 2.61. The van der Waals surface area contributed by atoms with Crippen LogP contribution in [-0.4, -0.2) is 36.3 Å². The predicted octanol–water partition coefficient (Wildman–Crippen LogP) is 2.57.